The molecule has 0 heterocycles. The largest absolute Gasteiger partial charge is 0.394 e. The molecule has 20 heavy (non-hydrogen) atoms. The second-order valence-electron chi connectivity index (χ2n) is 5.33. The fraction of sp³-hybridized carbons (Fsp3) is 0.294. The molecule has 2 aromatic rings. The summed E-state index contributed by atoms with van der Waals surface area (Å²) >= 11 is 0. The molecule has 2 aromatic carbocycles. The summed E-state index contributed by atoms with van der Waals surface area (Å²) in [5.74, 6) is 0.478. The van der Waals surface area contributed by atoms with E-state index < -0.39 is 0 Å². The van der Waals surface area contributed by atoms with Gasteiger partial charge in [-0.3, -0.25) is 0 Å². The van der Waals surface area contributed by atoms with Gasteiger partial charge in [0, 0.05) is 5.69 Å². The Kier molecular flexibility index (Phi) is 3.70. The Balaban J connectivity index is 1.73. The molecule has 104 valence electrons. The first-order valence-corrected chi connectivity index (χ1v) is 6.99. The molecule has 1 aliphatic carbocycles. The van der Waals surface area contributed by atoms with Gasteiger partial charge in [-0.25, -0.2) is 4.39 Å². The molecule has 1 aliphatic rings. The minimum atomic E-state index is -0.259. The SMILES string of the molecule is OCC(Nc1ccc(F)cc1)c1ccc(C2CC2)cc1. The number of nitrogens with one attached hydrogen (secondary N) is 1. The molecule has 1 saturated carbocycles. The van der Waals surface area contributed by atoms with Crippen LogP contribution in [-0.4, -0.2) is 11.7 Å². The van der Waals surface area contributed by atoms with Gasteiger partial charge in [-0.2, -0.15) is 0 Å². The van der Waals surface area contributed by atoms with Crippen LogP contribution in [0.3, 0.4) is 0 Å². The minimum Gasteiger partial charge on any atom is -0.394 e. The lowest BCUT2D eigenvalue weighted by Crippen LogP contribution is -2.14. The average Bonchev–Trinajstić information content (AvgIpc) is 3.32. The molecule has 0 radical (unpaired) electrons. The lowest BCUT2D eigenvalue weighted by molar-refractivity contribution is 0.276. The number of rotatable bonds is 5. The molecule has 0 saturated heterocycles. The minimum absolute atomic E-state index is 0.000150. The van der Waals surface area contributed by atoms with Crippen molar-refractivity contribution in [3.8, 4) is 0 Å². The van der Waals surface area contributed by atoms with Gasteiger partial charge >= 0.3 is 0 Å². The smallest absolute Gasteiger partial charge is 0.123 e. The van der Waals surface area contributed by atoms with Crippen molar-refractivity contribution in [2.45, 2.75) is 24.8 Å². The maximum Gasteiger partial charge on any atom is 0.123 e. The van der Waals surface area contributed by atoms with E-state index in [0.717, 1.165) is 17.2 Å². The normalized spacial score (nSPS) is 15.9. The van der Waals surface area contributed by atoms with E-state index in [1.165, 1.54) is 30.5 Å². The van der Waals surface area contributed by atoms with Gasteiger partial charge in [0.2, 0.25) is 0 Å². The third-order valence-electron chi connectivity index (χ3n) is 3.76. The molecule has 0 bridgehead atoms. The van der Waals surface area contributed by atoms with Crippen molar-refractivity contribution in [1.82, 2.24) is 0 Å². The van der Waals surface area contributed by atoms with Crippen molar-refractivity contribution in [3.63, 3.8) is 0 Å². The molecule has 2 nitrogen and oxygen atoms in total. The van der Waals surface area contributed by atoms with E-state index in [0.29, 0.717) is 0 Å². The maximum absolute atomic E-state index is 12.9. The summed E-state index contributed by atoms with van der Waals surface area (Å²) in [5.41, 5.74) is 3.23. The molecule has 1 fully saturated rings. The third-order valence-corrected chi connectivity index (χ3v) is 3.76. The first-order valence-electron chi connectivity index (χ1n) is 6.99. The Hall–Kier alpha value is -1.87. The zero-order chi connectivity index (χ0) is 13.9. The van der Waals surface area contributed by atoms with Gasteiger partial charge < -0.3 is 10.4 Å². The van der Waals surface area contributed by atoms with Gasteiger partial charge in [0.1, 0.15) is 5.82 Å². The summed E-state index contributed by atoms with van der Waals surface area (Å²) in [6.45, 7) is 0.000150. The second kappa shape index (κ2) is 5.63. The van der Waals surface area contributed by atoms with Crippen LogP contribution in [0, 0.1) is 5.82 Å². The van der Waals surface area contributed by atoms with Gasteiger partial charge in [-0.1, -0.05) is 24.3 Å². The highest BCUT2D eigenvalue weighted by Crippen LogP contribution is 2.40. The monoisotopic (exact) mass is 271 g/mol. The van der Waals surface area contributed by atoms with Crippen LogP contribution >= 0.6 is 0 Å². The van der Waals surface area contributed by atoms with Crippen LogP contribution in [0.4, 0.5) is 10.1 Å². The van der Waals surface area contributed by atoms with Crippen LogP contribution in [0.2, 0.25) is 0 Å². The molecule has 0 aromatic heterocycles. The molecular weight excluding hydrogens is 253 g/mol. The van der Waals surface area contributed by atoms with Crippen molar-refractivity contribution in [2.75, 3.05) is 11.9 Å². The first-order chi connectivity index (χ1) is 9.76. The Morgan fingerprint density at radius 1 is 1.05 bits per heavy atom. The van der Waals surface area contributed by atoms with Gasteiger partial charge in [0.15, 0.2) is 0 Å². The standard InChI is InChI=1S/C17H18FNO/c18-15-7-9-16(10-8-15)19-17(11-20)14-5-3-13(4-6-14)12-1-2-12/h3-10,12,17,19-20H,1-2,11H2. The molecule has 3 heteroatoms. The van der Waals surface area contributed by atoms with E-state index >= 15 is 0 Å². The number of hydrogen-bond donors (Lipinski definition) is 2. The summed E-state index contributed by atoms with van der Waals surface area (Å²) in [7, 11) is 0. The number of halogens is 1. The van der Waals surface area contributed by atoms with Crippen LogP contribution in [0.25, 0.3) is 0 Å². The lowest BCUT2D eigenvalue weighted by Gasteiger charge is -2.18. The zero-order valence-corrected chi connectivity index (χ0v) is 11.2. The second-order valence-corrected chi connectivity index (χ2v) is 5.33. The summed E-state index contributed by atoms with van der Waals surface area (Å²) in [5, 5.41) is 12.8. The molecule has 3 rings (SSSR count). The van der Waals surface area contributed by atoms with Crippen molar-refractivity contribution >= 4 is 5.69 Å². The van der Waals surface area contributed by atoms with E-state index in [1.807, 2.05) is 0 Å². The molecule has 1 atom stereocenters. The molecule has 0 amide bonds. The molecule has 2 N–H and O–H groups in total. The first kappa shape index (κ1) is 13.1. The maximum atomic E-state index is 12.9. The fourth-order valence-electron chi connectivity index (χ4n) is 2.40. The van der Waals surface area contributed by atoms with E-state index in [2.05, 4.69) is 29.6 Å². The van der Waals surface area contributed by atoms with Crippen LogP contribution in [0.1, 0.15) is 35.9 Å². The predicted molar refractivity (Wildman–Crippen MR) is 78.3 cm³/mol. The highest BCUT2D eigenvalue weighted by Gasteiger charge is 2.23. The van der Waals surface area contributed by atoms with Crippen molar-refractivity contribution < 1.29 is 9.50 Å². The van der Waals surface area contributed by atoms with E-state index in [-0.39, 0.29) is 18.5 Å². The summed E-state index contributed by atoms with van der Waals surface area (Å²) in [6.07, 6.45) is 2.58. The van der Waals surface area contributed by atoms with Gasteiger partial charge in [0.05, 0.1) is 12.6 Å². The number of anilines is 1. The van der Waals surface area contributed by atoms with Gasteiger partial charge in [0.25, 0.3) is 0 Å². The summed E-state index contributed by atoms with van der Waals surface area (Å²) < 4.78 is 12.9. The number of hydrogen-bond acceptors (Lipinski definition) is 2. The quantitative estimate of drug-likeness (QED) is 0.865. The van der Waals surface area contributed by atoms with E-state index in [4.69, 9.17) is 0 Å². The molecular formula is C17H18FNO. The Morgan fingerprint density at radius 2 is 1.70 bits per heavy atom. The predicted octanol–water partition coefficient (Wildman–Crippen LogP) is 3.85. The van der Waals surface area contributed by atoms with Crippen LogP contribution in [0.5, 0.6) is 0 Å². The number of aliphatic hydroxyl groups excluding tert-OH is 1. The van der Waals surface area contributed by atoms with Crippen molar-refractivity contribution in [3.05, 3.63) is 65.5 Å². The fourth-order valence-corrected chi connectivity index (χ4v) is 2.40. The van der Waals surface area contributed by atoms with Gasteiger partial charge in [-0.15, -0.1) is 0 Å². The van der Waals surface area contributed by atoms with Crippen LogP contribution < -0.4 is 5.32 Å². The Labute approximate surface area is 118 Å². The van der Waals surface area contributed by atoms with Crippen molar-refractivity contribution in [2.24, 2.45) is 0 Å². The Morgan fingerprint density at radius 3 is 2.25 bits per heavy atom. The Bertz CT molecular complexity index is 561. The van der Waals surface area contributed by atoms with Crippen LogP contribution in [-0.2, 0) is 0 Å². The highest BCUT2D eigenvalue weighted by molar-refractivity contribution is 5.46. The van der Waals surface area contributed by atoms with Crippen molar-refractivity contribution in [1.29, 1.82) is 0 Å². The zero-order valence-electron chi connectivity index (χ0n) is 11.2. The number of benzene rings is 2. The van der Waals surface area contributed by atoms with Crippen LogP contribution in [0.15, 0.2) is 48.5 Å². The molecule has 0 spiro atoms. The topological polar surface area (TPSA) is 32.3 Å². The third kappa shape index (κ3) is 2.99. The summed E-state index contributed by atoms with van der Waals surface area (Å²) in [4.78, 5) is 0. The van der Waals surface area contributed by atoms with Gasteiger partial charge in [-0.05, 0) is 54.2 Å². The lowest BCUT2D eigenvalue weighted by atomic mass is 10.0. The average molecular weight is 271 g/mol. The molecule has 0 aliphatic heterocycles. The highest BCUT2D eigenvalue weighted by atomic mass is 19.1. The van der Waals surface area contributed by atoms with E-state index in [9.17, 15) is 9.50 Å². The summed E-state index contributed by atoms with van der Waals surface area (Å²) in [6, 6.07) is 14.4. The van der Waals surface area contributed by atoms with E-state index in [1.54, 1.807) is 12.1 Å². The molecule has 1 unspecified atom stereocenters. The number of aliphatic hydroxyl groups is 1.